The summed E-state index contributed by atoms with van der Waals surface area (Å²) >= 11 is 0. The molecule has 1 amide bonds. The van der Waals surface area contributed by atoms with Crippen molar-refractivity contribution in [2.75, 3.05) is 0 Å². The number of nitro benzene ring substituents is 1. The highest BCUT2D eigenvalue weighted by Gasteiger charge is 2.22. The van der Waals surface area contributed by atoms with Gasteiger partial charge < -0.3 is 5.32 Å². The highest BCUT2D eigenvalue weighted by Crippen LogP contribution is 2.26. The number of carbonyl (C=O) groups excluding carboxylic acids is 1. The molecule has 1 unspecified atom stereocenters. The molecule has 3 aromatic rings. The topological polar surface area (TPSA) is 72.2 Å². The predicted octanol–water partition coefficient (Wildman–Crippen LogP) is 5.12. The largest absolute Gasteiger partial charge is 0.341 e. The minimum absolute atomic E-state index is 0.118. The average Bonchev–Trinajstić information content (AvgIpc) is 2.72. The Morgan fingerprint density at radius 1 is 1.07 bits per heavy atom. The van der Waals surface area contributed by atoms with Gasteiger partial charge in [0.05, 0.1) is 11.0 Å². The summed E-state index contributed by atoms with van der Waals surface area (Å²) in [4.78, 5) is 23.7. The Bertz CT molecular complexity index is 1050. The van der Waals surface area contributed by atoms with Gasteiger partial charge in [0.2, 0.25) is 0 Å². The van der Waals surface area contributed by atoms with Crippen LogP contribution in [-0.2, 0) is 6.42 Å². The number of aryl methyl sites for hydroxylation is 1. The van der Waals surface area contributed by atoms with E-state index in [9.17, 15) is 19.3 Å². The van der Waals surface area contributed by atoms with Gasteiger partial charge in [-0.05, 0) is 48.2 Å². The van der Waals surface area contributed by atoms with Crippen molar-refractivity contribution in [2.45, 2.75) is 26.3 Å². The quantitative estimate of drug-likeness (QED) is 0.467. The molecular weight excluding hydrogens is 371 g/mol. The standard InChI is InChI=1S/C23H21FN2O3/c1-3-16-10-12-17(13-11-16)22(18-6-4-7-19(24)14-18)25-23(27)20-8-5-9-21(15(20)2)26(28)29/h4-14,22H,3H2,1-2H3,(H,25,27). The molecule has 3 rings (SSSR count). The summed E-state index contributed by atoms with van der Waals surface area (Å²) < 4.78 is 13.8. The SMILES string of the molecule is CCc1ccc(C(NC(=O)c2cccc([N+](=O)[O-])c2C)c2cccc(F)c2)cc1. The van der Waals surface area contributed by atoms with Gasteiger partial charge in [0.1, 0.15) is 5.82 Å². The first kappa shape index (κ1) is 20.2. The highest BCUT2D eigenvalue weighted by atomic mass is 19.1. The molecule has 29 heavy (non-hydrogen) atoms. The number of hydrogen-bond donors (Lipinski definition) is 1. The molecule has 0 aromatic heterocycles. The van der Waals surface area contributed by atoms with Crippen molar-refractivity contribution in [3.8, 4) is 0 Å². The van der Waals surface area contributed by atoms with E-state index in [1.54, 1.807) is 25.1 Å². The summed E-state index contributed by atoms with van der Waals surface area (Å²) in [5.41, 5.74) is 2.91. The van der Waals surface area contributed by atoms with Gasteiger partial charge in [0.15, 0.2) is 0 Å². The third kappa shape index (κ3) is 4.48. The van der Waals surface area contributed by atoms with E-state index in [1.165, 1.54) is 24.3 Å². The fourth-order valence-corrected chi connectivity index (χ4v) is 3.27. The Labute approximate surface area is 168 Å². The summed E-state index contributed by atoms with van der Waals surface area (Å²) in [6, 6.07) is 17.6. The van der Waals surface area contributed by atoms with Gasteiger partial charge in [-0.3, -0.25) is 14.9 Å². The van der Waals surface area contributed by atoms with E-state index in [0.717, 1.165) is 17.5 Å². The summed E-state index contributed by atoms with van der Waals surface area (Å²) in [6.07, 6.45) is 0.879. The normalized spacial score (nSPS) is 11.7. The number of benzene rings is 3. The van der Waals surface area contributed by atoms with E-state index in [1.807, 2.05) is 31.2 Å². The first-order valence-corrected chi connectivity index (χ1v) is 9.30. The van der Waals surface area contributed by atoms with Crippen LogP contribution in [0.25, 0.3) is 0 Å². The summed E-state index contributed by atoms with van der Waals surface area (Å²) in [6.45, 7) is 3.59. The van der Waals surface area contributed by atoms with Crippen LogP contribution in [0.2, 0.25) is 0 Å². The second-order valence-electron chi connectivity index (χ2n) is 6.76. The zero-order valence-corrected chi connectivity index (χ0v) is 16.2. The molecule has 0 bridgehead atoms. The van der Waals surface area contributed by atoms with Gasteiger partial charge in [0, 0.05) is 17.2 Å². The van der Waals surface area contributed by atoms with Gasteiger partial charge in [-0.2, -0.15) is 0 Å². The van der Waals surface area contributed by atoms with Crippen molar-refractivity contribution < 1.29 is 14.1 Å². The molecule has 0 spiro atoms. The maximum absolute atomic E-state index is 13.8. The van der Waals surface area contributed by atoms with Gasteiger partial charge in [-0.25, -0.2) is 4.39 Å². The molecular formula is C23H21FN2O3. The molecule has 0 radical (unpaired) electrons. The monoisotopic (exact) mass is 392 g/mol. The molecule has 1 atom stereocenters. The first-order chi connectivity index (χ1) is 13.9. The van der Waals surface area contributed by atoms with Crippen LogP contribution < -0.4 is 5.32 Å². The van der Waals surface area contributed by atoms with Crippen LogP contribution in [0.5, 0.6) is 0 Å². The molecule has 1 N–H and O–H groups in total. The number of nitrogens with zero attached hydrogens (tertiary/aromatic N) is 1. The number of nitro groups is 1. The molecule has 0 heterocycles. The van der Waals surface area contributed by atoms with E-state index >= 15 is 0 Å². The van der Waals surface area contributed by atoms with Crippen molar-refractivity contribution in [3.63, 3.8) is 0 Å². The van der Waals surface area contributed by atoms with Crippen LogP contribution in [0, 0.1) is 22.9 Å². The fourth-order valence-electron chi connectivity index (χ4n) is 3.27. The molecule has 0 saturated heterocycles. The van der Waals surface area contributed by atoms with Crippen LogP contribution in [0.15, 0.2) is 66.7 Å². The molecule has 3 aromatic carbocycles. The molecule has 6 heteroatoms. The van der Waals surface area contributed by atoms with Crippen molar-refractivity contribution in [2.24, 2.45) is 0 Å². The van der Waals surface area contributed by atoms with Crippen LogP contribution >= 0.6 is 0 Å². The van der Waals surface area contributed by atoms with E-state index in [0.29, 0.717) is 5.56 Å². The Hall–Kier alpha value is -3.54. The summed E-state index contributed by atoms with van der Waals surface area (Å²) in [7, 11) is 0. The fraction of sp³-hybridized carbons (Fsp3) is 0.174. The first-order valence-electron chi connectivity index (χ1n) is 9.30. The van der Waals surface area contributed by atoms with Crippen LogP contribution in [0.4, 0.5) is 10.1 Å². The van der Waals surface area contributed by atoms with Crippen LogP contribution in [0.1, 0.15) is 45.6 Å². The van der Waals surface area contributed by atoms with Crippen LogP contribution in [0.3, 0.4) is 0 Å². The Morgan fingerprint density at radius 2 is 1.76 bits per heavy atom. The molecule has 0 aliphatic heterocycles. The lowest BCUT2D eigenvalue weighted by molar-refractivity contribution is -0.385. The summed E-state index contributed by atoms with van der Waals surface area (Å²) in [5.74, 6) is -0.863. The number of carbonyl (C=O) groups is 1. The van der Waals surface area contributed by atoms with Crippen molar-refractivity contribution in [1.29, 1.82) is 0 Å². The predicted molar refractivity (Wildman–Crippen MR) is 109 cm³/mol. The highest BCUT2D eigenvalue weighted by molar-refractivity contribution is 5.97. The Kier molecular flexibility index (Phi) is 6.02. The van der Waals surface area contributed by atoms with E-state index in [2.05, 4.69) is 5.32 Å². The van der Waals surface area contributed by atoms with Gasteiger partial charge in [-0.1, -0.05) is 49.4 Å². The second-order valence-corrected chi connectivity index (χ2v) is 6.76. The molecule has 0 saturated carbocycles. The number of amides is 1. The number of nitrogens with one attached hydrogen (secondary N) is 1. The third-order valence-corrected chi connectivity index (χ3v) is 4.93. The Morgan fingerprint density at radius 3 is 2.38 bits per heavy atom. The smallest absolute Gasteiger partial charge is 0.273 e. The maximum Gasteiger partial charge on any atom is 0.273 e. The zero-order chi connectivity index (χ0) is 21.0. The van der Waals surface area contributed by atoms with Gasteiger partial charge in [0.25, 0.3) is 11.6 Å². The second kappa shape index (κ2) is 8.65. The minimum Gasteiger partial charge on any atom is -0.341 e. The molecule has 0 aliphatic rings. The Balaban J connectivity index is 2.00. The average molecular weight is 392 g/mol. The maximum atomic E-state index is 13.8. The van der Waals surface area contributed by atoms with Gasteiger partial charge >= 0.3 is 0 Å². The lowest BCUT2D eigenvalue weighted by Gasteiger charge is -2.21. The van der Waals surface area contributed by atoms with Crippen molar-refractivity contribution in [1.82, 2.24) is 5.32 Å². The van der Waals surface area contributed by atoms with Crippen molar-refractivity contribution >= 4 is 11.6 Å². The number of halogens is 1. The van der Waals surface area contributed by atoms with Crippen LogP contribution in [-0.4, -0.2) is 10.8 Å². The minimum atomic E-state index is -0.595. The molecule has 0 fully saturated rings. The summed E-state index contributed by atoms with van der Waals surface area (Å²) in [5, 5.41) is 14.1. The number of rotatable bonds is 6. The number of hydrogen-bond acceptors (Lipinski definition) is 3. The molecule has 5 nitrogen and oxygen atoms in total. The van der Waals surface area contributed by atoms with E-state index in [-0.39, 0.29) is 16.8 Å². The van der Waals surface area contributed by atoms with Gasteiger partial charge in [-0.15, -0.1) is 0 Å². The molecule has 148 valence electrons. The zero-order valence-electron chi connectivity index (χ0n) is 16.2. The van der Waals surface area contributed by atoms with Crippen molar-refractivity contribution in [3.05, 3.63) is 110 Å². The lowest BCUT2D eigenvalue weighted by atomic mass is 9.96. The third-order valence-electron chi connectivity index (χ3n) is 4.93. The van der Waals surface area contributed by atoms with E-state index in [4.69, 9.17) is 0 Å². The van der Waals surface area contributed by atoms with E-state index < -0.39 is 22.7 Å². The lowest BCUT2D eigenvalue weighted by Crippen LogP contribution is -2.30. The molecule has 0 aliphatic carbocycles.